The molecule has 12 heteroatoms. The number of hydrogen-bond acceptors (Lipinski definition) is 5. The Labute approximate surface area is 201 Å². The number of fused-ring (bicyclic) bond motifs is 1. The van der Waals surface area contributed by atoms with Crippen molar-refractivity contribution in [2.24, 2.45) is 10.6 Å². The van der Waals surface area contributed by atoms with Crippen LogP contribution in [0.3, 0.4) is 0 Å². The van der Waals surface area contributed by atoms with Crippen LogP contribution in [0.25, 0.3) is 10.9 Å². The van der Waals surface area contributed by atoms with Crippen molar-refractivity contribution in [2.75, 3.05) is 12.3 Å². The average Bonchev–Trinajstić information content (AvgIpc) is 3.11. The lowest BCUT2D eigenvalue weighted by Crippen LogP contribution is -2.54. The Morgan fingerprint density at radius 3 is 2.37 bits per heavy atom. The molecule has 3 aromatic rings. The second kappa shape index (κ2) is 10.1. The monoisotopic (exact) mass is 507 g/mol. The van der Waals surface area contributed by atoms with Gasteiger partial charge in [0.1, 0.15) is 23.2 Å². The molecule has 4 N–H and O–H groups in total. The molecular weight excluding hydrogens is 480 g/mol. The van der Waals surface area contributed by atoms with Gasteiger partial charge in [0.15, 0.2) is 5.69 Å². The molecule has 0 aliphatic heterocycles. The van der Waals surface area contributed by atoms with Crippen LogP contribution in [-0.2, 0) is 21.4 Å². The van der Waals surface area contributed by atoms with Crippen LogP contribution in [0.2, 0.25) is 0 Å². The van der Waals surface area contributed by atoms with Gasteiger partial charge >= 0.3 is 0 Å². The second-order valence-electron chi connectivity index (χ2n) is 9.20. The molecule has 0 bridgehead atoms. The number of carbonyl (C=O) groups is 2. The highest BCUT2D eigenvalue weighted by molar-refractivity contribution is 7.89. The van der Waals surface area contributed by atoms with Crippen LogP contribution in [0, 0.1) is 17.0 Å². The van der Waals surface area contributed by atoms with Gasteiger partial charge < -0.3 is 10.6 Å². The van der Waals surface area contributed by atoms with E-state index in [0.717, 1.165) is 0 Å². The predicted molar refractivity (Wildman–Crippen MR) is 127 cm³/mol. The largest absolute Gasteiger partial charge is 0.353 e. The zero-order chi connectivity index (χ0) is 26.0. The maximum Gasteiger partial charge on any atom is 0.273 e. The average molecular weight is 508 g/mol. The Bertz CT molecular complexity index is 1350. The van der Waals surface area contributed by atoms with Crippen LogP contribution in [-0.4, -0.2) is 48.4 Å². The van der Waals surface area contributed by atoms with E-state index in [1.54, 1.807) is 26.8 Å². The second-order valence-corrected chi connectivity index (χ2v) is 10.9. The molecule has 9 nitrogen and oxygen atoms in total. The number of nitrogens with one attached hydrogen (secondary N) is 2. The maximum absolute atomic E-state index is 14.7. The minimum atomic E-state index is -3.77. The number of halogens is 2. The molecule has 0 radical (unpaired) electrons. The lowest BCUT2D eigenvalue weighted by atomic mass is 9.86. The number of carbonyl (C=O) groups excluding carboxylic acids is 2. The molecule has 1 atom stereocenters. The van der Waals surface area contributed by atoms with E-state index >= 15 is 0 Å². The van der Waals surface area contributed by atoms with E-state index in [4.69, 9.17) is 5.14 Å². The van der Waals surface area contributed by atoms with Crippen molar-refractivity contribution in [1.29, 1.82) is 0 Å². The van der Waals surface area contributed by atoms with E-state index in [1.165, 1.54) is 41.1 Å². The number of nitrogens with zero attached hydrogens (tertiary/aromatic N) is 2. The summed E-state index contributed by atoms with van der Waals surface area (Å²) >= 11 is 0. The quantitative estimate of drug-likeness (QED) is 0.428. The summed E-state index contributed by atoms with van der Waals surface area (Å²) in [7, 11) is -3.77. The first-order chi connectivity index (χ1) is 16.3. The molecule has 1 aromatic heterocycles. The van der Waals surface area contributed by atoms with Crippen LogP contribution in [0.5, 0.6) is 0 Å². The minimum Gasteiger partial charge on any atom is -0.353 e. The third-order valence-electron chi connectivity index (χ3n) is 5.27. The molecular formula is C23H27F2N5O4S. The third kappa shape index (κ3) is 6.61. The van der Waals surface area contributed by atoms with E-state index < -0.39 is 50.7 Å². The van der Waals surface area contributed by atoms with Gasteiger partial charge in [-0.15, -0.1) is 0 Å². The highest BCUT2D eigenvalue weighted by Gasteiger charge is 2.34. The van der Waals surface area contributed by atoms with E-state index in [2.05, 4.69) is 15.7 Å². The minimum absolute atomic E-state index is 0.0851. The van der Waals surface area contributed by atoms with Crippen molar-refractivity contribution in [3.63, 3.8) is 0 Å². The fourth-order valence-corrected chi connectivity index (χ4v) is 3.92. The van der Waals surface area contributed by atoms with Gasteiger partial charge in [-0.05, 0) is 29.2 Å². The zero-order valence-electron chi connectivity index (χ0n) is 19.5. The number of hydrogen-bond donors (Lipinski definition) is 3. The molecule has 0 saturated carbocycles. The zero-order valence-corrected chi connectivity index (χ0v) is 20.3. The van der Waals surface area contributed by atoms with Crippen molar-refractivity contribution in [3.05, 3.63) is 65.4 Å². The molecule has 0 unspecified atom stereocenters. The van der Waals surface area contributed by atoms with Crippen molar-refractivity contribution < 1.29 is 26.8 Å². The first-order valence-electron chi connectivity index (χ1n) is 10.7. The highest BCUT2D eigenvalue weighted by atomic mass is 32.2. The summed E-state index contributed by atoms with van der Waals surface area (Å²) in [6.07, 6.45) is 0. The highest BCUT2D eigenvalue weighted by Crippen LogP contribution is 2.25. The molecule has 0 spiro atoms. The molecule has 1 heterocycles. The van der Waals surface area contributed by atoms with E-state index in [1.807, 2.05) is 0 Å². The molecule has 3 rings (SSSR count). The molecule has 35 heavy (non-hydrogen) atoms. The summed E-state index contributed by atoms with van der Waals surface area (Å²) < 4.78 is 51.6. The van der Waals surface area contributed by atoms with Gasteiger partial charge in [0.05, 0.1) is 12.3 Å². The summed E-state index contributed by atoms with van der Waals surface area (Å²) in [5.41, 5.74) is -0.105. The number of para-hydroxylation sites is 1. The van der Waals surface area contributed by atoms with E-state index in [9.17, 15) is 26.8 Å². The van der Waals surface area contributed by atoms with Crippen LogP contribution in [0.4, 0.5) is 8.78 Å². The number of aromatic nitrogens is 2. The van der Waals surface area contributed by atoms with Crippen LogP contribution < -0.4 is 15.8 Å². The Balaban J connectivity index is 1.90. The Morgan fingerprint density at radius 2 is 1.77 bits per heavy atom. The summed E-state index contributed by atoms with van der Waals surface area (Å²) in [5, 5.41) is 14.6. The number of benzene rings is 2. The SMILES string of the molecule is CC(C)(C)[C@H](NC(=O)c1nn(Cc2ccc(F)cc2)c2c(F)cccc12)C(=O)NCCS(N)(=O)=O. The van der Waals surface area contributed by atoms with Crippen LogP contribution in [0.1, 0.15) is 36.8 Å². The summed E-state index contributed by atoms with van der Waals surface area (Å²) in [6.45, 7) is 5.04. The molecule has 0 saturated heterocycles. The third-order valence-corrected chi connectivity index (χ3v) is 6.04. The predicted octanol–water partition coefficient (Wildman–Crippen LogP) is 1.91. The number of rotatable bonds is 8. The van der Waals surface area contributed by atoms with Gasteiger partial charge in [-0.25, -0.2) is 22.3 Å². The van der Waals surface area contributed by atoms with Gasteiger partial charge in [0, 0.05) is 11.9 Å². The Hall–Kier alpha value is -3.38. The van der Waals surface area contributed by atoms with Crippen LogP contribution in [0.15, 0.2) is 42.5 Å². The van der Waals surface area contributed by atoms with E-state index in [0.29, 0.717) is 5.56 Å². The number of amides is 2. The van der Waals surface area contributed by atoms with Gasteiger partial charge in [0.2, 0.25) is 15.9 Å². The van der Waals surface area contributed by atoms with Gasteiger partial charge in [-0.1, -0.05) is 45.0 Å². The first kappa shape index (κ1) is 26.2. The summed E-state index contributed by atoms with van der Waals surface area (Å²) in [6, 6.07) is 8.78. The summed E-state index contributed by atoms with van der Waals surface area (Å²) in [5.74, 6) is -2.78. The van der Waals surface area contributed by atoms with Crippen LogP contribution >= 0.6 is 0 Å². The molecule has 2 aromatic carbocycles. The van der Waals surface area contributed by atoms with Crippen molar-refractivity contribution in [1.82, 2.24) is 20.4 Å². The lowest BCUT2D eigenvalue weighted by molar-refractivity contribution is -0.125. The molecule has 0 aliphatic rings. The number of nitrogens with two attached hydrogens (primary N) is 1. The van der Waals surface area contributed by atoms with Gasteiger partial charge in [0.25, 0.3) is 5.91 Å². The standard InChI is InChI=1S/C23H27F2N5O4S/c1-23(2,3)20(22(32)27-11-12-35(26,33)34)28-21(31)18-16-5-4-6-17(25)19(16)30(29-18)13-14-7-9-15(24)10-8-14/h4-10,20H,11-13H2,1-3H3,(H,27,32)(H,28,31)(H2,26,33,34)/t20-/m1/s1. The maximum atomic E-state index is 14.7. The van der Waals surface area contributed by atoms with Crippen molar-refractivity contribution in [2.45, 2.75) is 33.4 Å². The summed E-state index contributed by atoms with van der Waals surface area (Å²) in [4.78, 5) is 26.0. The van der Waals surface area contributed by atoms with Gasteiger partial charge in [-0.3, -0.25) is 14.3 Å². The molecule has 0 aliphatic carbocycles. The van der Waals surface area contributed by atoms with Crippen molar-refractivity contribution >= 4 is 32.7 Å². The molecule has 0 fully saturated rings. The van der Waals surface area contributed by atoms with Crippen molar-refractivity contribution in [3.8, 4) is 0 Å². The fourth-order valence-electron chi connectivity index (χ4n) is 3.53. The first-order valence-corrected chi connectivity index (χ1v) is 12.5. The Morgan fingerprint density at radius 1 is 1.11 bits per heavy atom. The number of primary sulfonamides is 1. The fraction of sp³-hybridized carbons (Fsp3) is 0.348. The normalized spacial score (nSPS) is 13.0. The topological polar surface area (TPSA) is 136 Å². The molecule has 188 valence electrons. The smallest absolute Gasteiger partial charge is 0.273 e. The lowest BCUT2D eigenvalue weighted by Gasteiger charge is -2.30. The van der Waals surface area contributed by atoms with E-state index in [-0.39, 0.29) is 29.7 Å². The molecule has 2 amide bonds. The Kier molecular flexibility index (Phi) is 7.56. The van der Waals surface area contributed by atoms with Gasteiger partial charge in [-0.2, -0.15) is 5.10 Å². The number of sulfonamides is 1.